The van der Waals surface area contributed by atoms with Gasteiger partial charge in [-0.3, -0.25) is 0 Å². The number of rotatable bonds is 2. The highest BCUT2D eigenvalue weighted by atomic mass is 16.3. The van der Waals surface area contributed by atoms with Crippen LogP contribution in [-0.2, 0) is 6.42 Å². The molecule has 0 aliphatic carbocycles. The fourth-order valence-electron chi connectivity index (χ4n) is 3.33. The average Bonchev–Trinajstić information content (AvgIpc) is 2.52. The SMILES string of the molecule is Cc1cc(C)cc(NC(=O)N2CCc3ccccc3C2CO)c1. The first-order valence-electron chi connectivity index (χ1n) is 7.93. The standard InChI is InChI=1S/C19H22N2O2/c1-13-9-14(2)11-16(10-13)20-19(23)21-8-7-15-5-3-4-6-17(15)18(21)12-22/h3-6,9-11,18,22H,7-8,12H2,1-2H3,(H,20,23). The van der Waals surface area contributed by atoms with Gasteiger partial charge in [-0.25, -0.2) is 4.79 Å². The molecule has 4 nitrogen and oxygen atoms in total. The van der Waals surface area contributed by atoms with E-state index >= 15 is 0 Å². The highest BCUT2D eigenvalue weighted by Gasteiger charge is 2.30. The summed E-state index contributed by atoms with van der Waals surface area (Å²) in [7, 11) is 0. The normalized spacial score (nSPS) is 16.8. The Morgan fingerprint density at radius 2 is 1.91 bits per heavy atom. The zero-order valence-electron chi connectivity index (χ0n) is 13.5. The molecule has 0 saturated heterocycles. The number of aliphatic hydroxyl groups is 1. The van der Waals surface area contributed by atoms with Gasteiger partial charge in [-0.05, 0) is 54.7 Å². The Balaban J connectivity index is 1.82. The topological polar surface area (TPSA) is 52.6 Å². The molecule has 120 valence electrons. The Hall–Kier alpha value is -2.33. The molecule has 0 bridgehead atoms. The average molecular weight is 310 g/mol. The third-order valence-corrected chi connectivity index (χ3v) is 4.32. The molecule has 1 heterocycles. The first-order valence-corrected chi connectivity index (χ1v) is 7.93. The summed E-state index contributed by atoms with van der Waals surface area (Å²) in [5.74, 6) is 0. The molecule has 2 amide bonds. The van der Waals surface area contributed by atoms with E-state index in [-0.39, 0.29) is 18.7 Å². The van der Waals surface area contributed by atoms with Crippen molar-refractivity contribution in [3.8, 4) is 0 Å². The number of hydrogen-bond donors (Lipinski definition) is 2. The molecule has 0 fully saturated rings. The molecule has 2 aromatic rings. The Labute approximate surface area is 136 Å². The summed E-state index contributed by atoms with van der Waals surface area (Å²) in [5.41, 5.74) is 5.27. The van der Waals surface area contributed by atoms with Crippen LogP contribution in [0.1, 0.15) is 28.3 Å². The number of amides is 2. The van der Waals surface area contributed by atoms with Gasteiger partial charge >= 0.3 is 6.03 Å². The van der Waals surface area contributed by atoms with Crippen LogP contribution in [0.4, 0.5) is 10.5 Å². The maximum absolute atomic E-state index is 12.7. The minimum absolute atomic E-state index is 0.0721. The van der Waals surface area contributed by atoms with Crippen molar-refractivity contribution in [3.05, 3.63) is 64.7 Å². The van der Waals surface area contributed by atoms with E-state index in [0.29, 0.717) is 6.54 Å². The molecule has 0 spiro atoms. The number of aryl methyl sites for hydroxylation is 2. The quantitative estimate of drug-likeness (QED) is 0.893. The first-order chi connectivity index (χ1) is 11.1. The summed E-state index contributed by atoms with van der Waals surface area (Å²) < 4.78 is 0. The fraction of sp³-hybridized carbons (Fsp3) is 0.316. The lowest BCUT2D eigenvalue weighted by Crippen LogP contribution is -2.43. The Bertz CT molecular complexity index is 707. The van der Waals surface area contributed by atoms with Gasteiger partial charge in [-0.2, -0.15) is 0 Å². The summed E-state index contributed by atoms with van der Waals surface area (Å²) in [6, 6.07) is 13.5. The lowest BCUT2D eigenvalue weighted by atomic mass is 9.93. The van der Waals surface area contributed by atoms with Gasteiger partial charge in [-0.1, -0.05) is 30.3 Å². The van der Waals surface area contributed by atoms with E-state index in [4.69, 9.17) is 0 Å². The number of nitrogens with one attached hydrogen (secondary N) is 1. The summed E-state index contributed by atoms with van der Waals surface area (Å²) in [4.78, 5) is 14.4. The lowest BCUT2D eigenvalue weighted by Gasteiger charge is -2.36. The predicted octanol–water partition coefficient (Wildman–Crippen LogP) is 3.43. The Morgan fingerprint density at radius 1 is 1.22 bits per heavy atom. The third-order valence-electron chi connectivity index (χ3n) is 4.32. The van der Waals surface area contributed by atoms with Gasteiger partial charge in [0.1, 0.15) is 0 Å². The van der Waals surface area contributed by atoms with E-state index in [1.807, 2.05) is 44.2 Å². The van der Waals surface area contributed by atoms with Crippen LogP contribution in [0.5, 0.6) is 0 Å². The number of hydrogen-bond acceptors (Lipinski definition) is 2. The van der Waals surface area contributed by atoms with Crippen molar-refractivity contribution in [1.82, 2.24) is 4.90 Å². The van der Waals surface area contributed by atoms with Crippen LogP contribution in [0.2, 0.25) is 0 Å². The fourth-order valence-corrected chi connectivity index (χ4v) is 3.33. The Morgan fingerprint density at radius 3 is 2.61 bits per heavy atom. The minimum Gasteiger partial charge on any atom is -0.394 e. The molecule has 2 aromatic carbocycles. The van der Waals surface area contributed by atoms with Crippen LogP contribution in [0.25, 0.3) is 0 Å². The van der Waals surface area contributed by atoms with Gasteiger partial charge in [0.05, 0.1) is 12.6 Å². The number of aliphatic hydroxyl groups excluding tert-OH is 1. The molecule has 1 aliphatic rings. The molecule has 1 aliphatic heterocycles. The number of carbonyl (C=O) groups is 1. The molecule has 0 saturated carbocycles. The minimum atomic E-state index is -0.286. The molecule has 0 radical (unpaired) electrons. The van der Waals surface area contributed by atoms with E-state index in [1.165, 1.54) is 5.56 Å². The molecular formula is C19H22N2O2. The van der Waals surface area contributed by atoms with Crippen LogP contribution in [0, 0.1) is 13.8 Å². The van der Waals surface area contributed by atoms with Gasteiger partial charge in [0.25, 0.3) is 0 Å². The second-order valence-corrected chi connectivity index (χ2v) is 6.15. The summed E-state index contributed by atoms with van der Waals surface area (Å²) in [6.45, 7) is 4.56. The highest BCUT2D eigenvalue weighted by molar-refractivity contribution is 5.90. The second-order valence-electron chi connectivity index (χ2n) is 6.15. The molecule has 2 N–H and O–H groups in total. The number of carbonyl (C=O) groups excluding carboxylic acids is 1. The van der Waals surface area contributed by atoms with Crippen LogP contribution in [0.3, 0.4) is 0 Å². The summed E-state index contributed by atoms with van der Waals surface area (Å²) >= 11 is 0. The van der Waals surface area contributed by atoms with Gasteiger partial charge in [-0.15, -0.1) is 0 Å². The smallest absolute Gasteiger partial charge is 0.322 e. The monoisotopic (exact) mass is 310 g/mol. The van der Waals surface area contributed by atoms with Crippen molar-refractivity contribution in [2.45, 2.75) is 26.3 Å². The number of benzene rings is 2. The molecule has 1 atom stereocenters. The van der Waals surface area contributed by atoms with Gasteiger partial charge in [0, 0.05) is 12.2 Å². The van der Waals surface area contributed by atoms with Crippen molar-refractivity contribution in [2.75, 3.05) is 18.5 Å². The van der Waals surface area contributed by atoms with Crippen LogP contribution in [0.15, 0.2) is 42.5 Å². The van der Waals surface area contributed by atoms with E-state index in [0.717, 1.165) is 28.8 Å². The number of urea groups is 1. The zero-order chi connectivity index (χ0) is 16.4. The largest absolute Gasteiger partial charge is 0.394 e. The van der Waals surface area contributed by atoms with Crippen LogP contribution < -0.4 is 5.32 Å². The second kappa shape index (κ2) is 6.42. The first kappa shape index (κ1) is 15.6. The number of nitrogens with zero attached hydrogens (tertiary/aromatic N) is 1. The molecular weight excluding hydrogens is 288 g/mol. The molecule has 4 heteroatoms. The highest BCUT2D eigenvalue weighted by Crippen LogP contribution is 2.29. The maximum atomic E-state index is 12.7. The van der Waals surface area contributed by atoms with Crippen LogP contribution >= 0.6 is 0 Å². The van der Waals surface area contributed by atoms with Crippen molar-refractivity contribution < 1.29 is 9.90 Å². The van der Waals surface area contributed by atoms with E-state index in [9.17, 15) is 9.90 Å². The third kappa shape index (κ3) is 3.22. The lowest BCUT2D eigenvalue weighted by molar-refractivity contribution is 0.135. The van der Waals surface area contributed by atoms with Gasteiger partial charge < -0.3 is 15.3 Å². The number of fused-ring (bicyclic) bond motifs is 1. The maximum Gasteiger partial charge on any atom is 0.322 e. The van der Waals surface area contributed by atoms with E-state index in [1.54, 1.807) is 4.90 Å². The molecule has 0 aromatic heterocycles. The zero-order valence-corrected chi connectivity index (χ0v) is 13.5. The van der Waals surface area contributed by atoms with Crippen molar-refractivity contribution in [2.24, 2.45) is 0 Å². The molecule has 3 rings (SSSR count). The Kier molecular flexibility index (Phi) is 4.35. The van der Waals surface area contributed by atoms with Gasteiger partial charge in [0.15, 0.2) is 0 Å². The predicted molar refractivity (Wildman–Crippen MR) is 91.6 cm³/mol. The molecule has 1 unspecified atom stereocenters. The van der Waals surface area contributed by atoms with Crippen molar-refractivity contribution in [3.63, 3.8) is 0 Å². The number of anilines is 1. The van der Waals surface area contributed by atoms with E-state index in [2.05, 4.69) is 17.4 Å². The molecule has 23 heavy (non-hydrogen) atoms. The van der Waals surface area contributed by atoms with E-state index < -0.39 is 0 Å². The van der Waals surface area contributed by atoms with Crippen LogP contribution in [-0.4, -0.2) is 29.2 Å². The summed E-state index contributed by atoms with van der Waals surface area (Å²) in [5, 5.41) is 12.8. The summed E-state index contributed by atoms with van der Waals surface area (Å²) in [6.07, 6.45) is 0.812. The van der Waals surface area contributed by atoms with Crippen molar-refractivity contribution in [1.29, 1.82) is 0 Å². The van der Waals surface area contributed by atoms with Gasteiger partial charge in [0.2, 0.25) is 0 Å². The van der Waals surface area contributed by atoms with Crippen molar-refractivity contribution >= 4 is 11.7 Å².